The minimum Gasteiger partial charge on any atom is -0.384 e. The number of benzene rings is 1. The van der Waals surface area contributed by atoms with Crippen molar-refractivity contribution < 1.29 is 8.42 Å². The Morgan fingerprint density at radius 3 is 2.33 bits per heavy atom. The Hall–Kier alpha value is -0.740. The zero-order valence-corrected chi connectivity index (χ0v) is 14.1. The highest BCUT2D eigenvalue weighted by molar-refractivity contribution is 7.91. The molecule has 0 radical (unpaired) electrons. The molecule has 0 bridgehead atoms. The molecule has 1 saturated carbocycles. The summed E-state index contributed by atoms with van der Waals surface area (Å²) in [6, 6.07) is 7.07. The number of anilines is 1. The summed E-state index contributed by atoms with van der Waals surface area (Å²) in [4.78, 5) is 0.405. The maximum Gasteiger partial charge on any atom is 0.178 e. The van der Waals surface area contributed by atoms with Gasteiger partial charge in [0.25, 0.3) is 0 Å². The van der Waals surface area contributed by atoms with E-state index in [1.807, 2.05) is 19.1 Å². The Morgan fingerprint density at radius 1 is 1.19 bits per heavy atom. The first-order valence-electron chi connectivity index (χ1n) is 7.64. The molecule has 0 aromatic heterocycles. The second-order valence-electron chi connectivity index (χ2n) is 6.04. The van der Waals surface area contributed by atoms with Gasteiger partial charge >= 0.3 is 0 Å². The molecule has 0 saturated heterocycles. The summed E-state index contributed by atoms with van der Waals surface area (Å²) < 4.78 is 23.9. The molecule has 21 heavy (non-hydrogen) atoms. The number of alkyl halides is 1. The van der Waals surface area contributed by atoms with Gasteiger partial charge in [0.1, 0.15) is 0 Å². The van der Waals surface area contributed by atoms with E-state index >= 15 is 0 Å². The van der Waals surface area contributed by atoms with E-state index in [1.54, 1.807) is 12.1 Å². The zero-order chi connectivity index (χ0) is 15.3. The molecule has 0 spiro atoms. The van der Waals surface area contributed by atoms with Crippen molar-refractivity contribution >= 4 is 27.1 Å². The molecule has 1 N–H and O–H groups in total. The Morgan fingerprint density at radius 2 is 1.81 bits per heavy atom. The molecule has 5 heteroatoms. The summed E-state index contributed by atoms with van der Waals surface area (Å²) >= 11 is 6.13. The van der Waals surface area contributed by atoms with Crippen LogP contribution in [0.5, 0.6) is 0 Å². The second-order valence-corrected chi connectivity index (χ2v) is 8.41. The highest BCUT2D eigenvalue weighted by Gasteiger charge is 2.32. The predicted molar refractivity (Wildman–Crippen MR) is 88.9 cm³/mol. The van der Waals surface area contributed by atoms with E-state index in [0.29, 0.717) is 17.2 Å². The van der Waals surface area contributed by atoms with Gasteiger partial charge in [-0.2, -0.15) is 0 Å². The zero-order valence-electron chi connectivity index (χ0n) is 12.6. The fourth-order valence-electron chi connectivity index (χ4n) is 2.94. The summed E-state index contributed by atoms with van der Waals surface area (Å²) in [6.45, 7) is 2.73. The van der Waals surface area contributed by atoms with E-state index in [1.165, 1.54) is 25.7 Å². The molecule has 0 atom stereocenters. The van der Waals surface area contributed by atoms with E-state index in [2.05, 4.69) is 5.32 Å². The second kappa shape index (κ2) is 7.01. The predicted octanol–water partition coefficient (Wildman–Crippen LogP) is 4.08. The van der Waals surface area contributed by atoms with Crippen LogP contribution in [0.15, 0.2) is 29.2 Å². The number of rotatable bonds is 7. The van der Waals surface area contributed by atoms with E-state index in [0.717, 1.165) is 12.2 Å². The third kappa shape index (κ3) is 4.13. The molecule has 2 rings (SSSR count). The number of nitrogens with one attached hydrogen (secondary N) is 1. The molecule has 3 nitrogen and oxygen atoms in total. The van der Waals surface area contributed by atoms with Crippen LogP contribution in [-0.4, -0.2) is 26.6 Å². The fourth-order valence-corrected chi connectivity index (χ4v) is 4.62. The van der Waals surface area contributed by atoms with E-state index in [-0.39, 0.29) is 11.2 Å². The molecule has 0 aliphatic heterocycles. The molecular formula is C16H24ClNO2S. The molecule has 1 aromatic carbocycles. The van der Waals surface area contributed by atoms with Crippen LogP contribution in [0, 0.1) is 5.41 Å². The van der Waals surface area contributed by atoms with Gasteiger partial charge in [-0.15, -0.1) is 11.6 Å². The number of hydrogen-bond acceptors (Lipinski definition) is 3. The van der Waals surface area contributed by atoms with Crippen LogP contribution >= 0.6 is 11.6 Å². The Kier molecular flexibility index (Phi) is 5.55. The molecule has 1 aromatic rings. The van der Waals surface area contributed by atoms with Crippen LogP contribution in [0.4, 0.5) is 5.69 Å². The van der Waals surface area contributed by atoms with Crippen LogP contribution < -0.4 is 5.32 Å². The van der Waals surface area contributed by atoms with Crippen LogP contribution in [-0.2, 0) is 9.84 Å². The van der Waals surface area contributed by atoms with Gasteiger partial charge in [-0.05, 0) is 43.5 Å². The molecule has 1 aliphatic rings. The van der Waals surface area contributed by atoms with Crippen LogP contribution in [0.25, 0.3) is 0 Å². The summed E-state index contributed by atoms with van der Waals surface area (Å²) in [5.41, 5.74) is 1.16. The van der Waals surface area contributed by atoms with Gasteiger partial charge in [0.15, 0.2) is 9.84 Å². The summed E-state index contributed by atoms with van der Waals surface area (Å²) in [5, 5.41) is 3.41. The third-order valence-corrected chi connectivity index (χ3v) is 6.80. The maximum atomic E-state index is 12.0. The topological polar surface area (TPSA) is 46.2 Å². The standard InChI is InChI=1S/C16H24ClNO2S/c1-2-11-21(19,20)15-7-5-14(6-8-15)18-13-16(12-17)9-3-4-10-16/h5-8,18H,2-4,9-13H2,1H3. The van der Waals surface area contributed by atoms with Crippen molar-refractivity contribution in [1.29, 1.82) is 0 Å². The van der Waals surface area contributed by atoms with Gasteiger partial charge in [-0.1, -0.05) is 19.8 Å². The van der Waals surface area contributed by atoms with Gasteiger partial charge in [-0.3, -0.25) is 0 Å². The van der Waals surface area contributed by atoms with E-state index in [4.69, 9.17) is 11.6 Å². The summed E-state index contributed by atoms with van der Waals surface area (Å²) in [6.07, 6.45) is 5.49. The normalized spacial score (nSPS) is 17.8. The molecule has 118 valence electrons. The Balaban J connectivity index is 2.00. The minimum atomic E-state index is -3.12. The van der Waals surface area contributed by atoms with Crippen LogP contribution in [0.2, 0.25) is 0 Å². The van der Waals surface area contributed by atoms with Crippen molar-refractivity contribution in [2.75, 3.05) is 23.5 Å². The quantitative estimate of drug-likeness (QED) is 0.767. The lowest BCUT2D eigenvalue weighted by Crippen LogP contribution is -2.28. The van der Waals surface area contributed by atoms with Crippen LogP contribution in [0.3, 0.4) is 0 Å². The number of hydrogen-bond donors (Lipinski definition) is 1. The van der Waals surface area contributed by atoms with Gasteiger partial charge in [0, 0.05) is 23.5 Å². The molecule has 0 unspecified atom stereocenters. The third-order valence-electron chi connectivity index (χ3n) is 4.30. The molecule has 1 fully saturated rings. The van der Waals surface area contributed by atoms with Gasteiger partial charge in [0.05, 0.1) is 10.6 Å². The molecule has 1 aliphatic carbocycles. The van der Waals surface area contributed by atoms with Gasteiger partial charge in [0.2, 0.25) is 0 Å². The maximum absolute atomic E-state index is 12.0. The first-order chi connectivity index (χ1) is 10.0. The molecular weight excluding hydrogens is 306 g/mol. The largest absolute Gasteiger partial charge is 0.384 e. The van der Waals surface area contributed by atoms with Gasteiger partial charge in [-0.25, -0.2) is 8.42 Å². The first kappa shape index (κ1) is 16.6. The molecule has 0 heterocycles. The highest BCUT2D eigenvalue weighted by Crippen LogP contribution is 2.39. The average Bonchev–Trinajstić information content (AvgIpc) is 2.95. The van der Waals surface area contributed by atoms with Crippen molar-refractivity contribution in [2.24, 2.45) is 5.41 Å². The number of sulfone groups is 1. The van der Waals surface area contributed by atoms with Gasteiger partial charge < -0.3 is 5.32 Å². The lowest BCUT2D eigenvalue weighted by Gasteiger charge is -2.27. The lowest BCUT2D eigenvalue weighted by atomic mass is 9.88. The van der Waals surface area contributed by atoms with Crippen molar-refractivity contribution in [1.82, 2.24) is 0 Å². The highest BCUT2D eigenvalue weighted by atomic mass is 35.5. The van der Waals surface area contributed by atoms with Crippen molar-refractivity contribution in [2.45, 2.75) is 43.9 Å². The van der Waals surface area contributed by atoms with Crippen molar-refractivity contribution in [3.8, 4) is 0 Å². The lowest BCUT2D eigenvalue weighted by molar-refractivity contribution is 0.368. The first-order valence-corrected chi connectivity index (χ1v) is 9.83. The Bertz CT molecular complexity index is 548. The summed E-state index contributed by atoms with van der Waals surface area (Å²) in [5.74, 6) is 0.887. The van der Waals surface area contributed by atoms with Crippen LogP contribution in [0.1, 0.15) is 39.0 Å². The average molecular weight is 330 g/mol. The van der Waals surface area contributed by atoms with E-state index in [9.17, 15) is 8.42 Å². The number of halogens is 1. The smallest absolute Gasteiger partial charge is 0.178 e. The monoisotopic (exact) mass is 329 g/mol. The van der Waals surface area contributed by atoms with E-state index < -0.39 is 9.84 Å². The molecule has 0 amide bonds. The minimum absolute atomic E-state index is 0.203. The Labute approximate surface area is 133 Å². The SMILES string of the molecule is CCCS(=O)(=O)c1ccc(NCC2(CCl)CCCC2)cc1. The van der Waals surface area contributed by atoms with Crippen molar-refractivity contribution in [3.63, 3.8) is 0 Å². The summed E-state index contributed by atoms with van der Waals surface area (Å²) in [7, 11) is -3.12. The fraction of sp³-hybridized carbons (Fsp3) is 0.625. The van der Waals surface area contributed by atoms with Crippen molar-refractivity contribution in [3.05, 3.63) is 24.3 Å².